The van der Waals surface area contributed by atoms with Gasteiger partial charge in [0.15, 0.2) is 0 Å². The third-order valence-electron chi connectivity index (χ3n) is 5.82. The van der Waals surface area contributed by atoms with E-state index in [1.807, 2.05) is 0 Å². The summed E-state index contributed by atoms with van der Waals surface area (Å²) < 4.78 is 5.41. The second-order valence-corrected chi connectivity index (χ2v) is 8.92. The van der Waals surface area contributed by atoms with Crippen LogP contribution in [-0.4, -0.2) is 31.1 Å². The number of ether oxygens (including phenoxy) is 1. The molecule has 0 radical (unpaired) electrons. The number of nitrogens with two attached hydrogens (primary N) is 1. The third kappa shape index (κ3) is 20.6. The zero-order valence-corrected chi connectivity index (χ0v) is 20.7. The molecule has 0 saturated carbocycles. The van der Waals surface area contributed by atoms with E-state index in [-0.39, 0.29) is 11.9 Å². The Labute approximate surface area is 192 Å². The number of nitrogens with one attached hydrogen (secondary N) is 1. The number of rotatable bonds is 23. The lowest BCUT2D eigenvalue weighted by Crippen LogP contribution is -2.42. The van der Waals surface area contributed by atoms with Gasteiger partial charge in [0.1, 0.15) is 6.04 Å². The van der Waals surface area contributed by atoms with Gasteiger partial charge in [-0.25, -0.2) is 4.79 Å². The number of hydrogen-bond acceptors (Lipinski definition) is 4. The van der Waals surface area contributed by atoms with Crippen molar-refractivity contribution in [3.63, 3.8) is 0 Å². The molecule has 0 spiro atoms. The van der Waals surface area contributed by atoms with Crippen LogP contribution in [0.1, 0.15) is 136 Å². The van der Waals surface area contributed by atoms with Gasteiger partial charge in [0.2, 0.25) is 5.91 Å². The predicted molar refractivity (Wildman–Crippen MR) is 131 cm³/mol. The number of esters is 1. The van der Waals surface area contributed by atoms with E-state index in [0.29, 0.717) is 26.0 Å². The van der Waals surface area contributed by atoms with E-state index in [0.717, 1.165) is 51.4 Å². The molecule has 0 heterocycles. The molecule has 0 aliphatic rings. The minimum absolute atomic E-state index is 0.0309. The first-order valence-electron chi connectivity index (χ1n) is 13.3. The minimum atomic E-state index is -0.530. The minimum Gasteiger partial charge on any atom is -0.464 e. The zero-order chi connectivity index (χ0) is 23.0. The molecule has 0 aromatic heterocycles. The number of carbonyl (C=O) groups excluding carboxylic acids is 2. The largest absolute Gasteiger partial charge is 0.464 e. The van der Waals surface area contributed by atoms with E-state index < -0.39 is 6.04 Å². The van der Waals surface area contributed by atoms with Crippen LogP contribution in [-0.2, 0) is 14.3 Å². The molecule has 0 aliphatic carbocycles. The molecule has 0 aromatic carbocycles. The van der Waals surface area contributed by atoms with E-state index in [4.69, 9.17) is 10.5 Å². The Kier molecular flexibility index (Phi) is 22.7. The Bertz CT molecular complexity index is 415. The van der Waals surface area contributed by atoms with Gasteiger partial charge in [0.25, 0.3) is 0 Å². The molecule has 1 amide bonds. The quantitative estimate of drug-likeness (QED) is 0.142. The first-order chi connectivity index (χ1) is 15.2. The number of carbonyl (C=O) groups is 2. The highest BCUT2D eigenvalue weighted by Crippen LogP contribution is 2.12. The molecule has 31 heavy (non-hydrogen) atoms. The van der Waals surface area contributed by atoms with Crippen LogP contribution in [0.4, 0.5) is 0 Å². The fourth-order valence-corrected chi connectivity index (χ4v) is 3.76. The Morgan fingerprint density at radius 3 is 1.77 bits per heavy atom. The monoisotopic (exact) mass is 440 g/mol. The molecule has 5 heteroatoms. The van der Waals surface area contributed by atoms with Gasteiger partial charge >= 0.3 is 5.97 Å². The van der Waals surface area contributed by atoms with Crippen LogP contribution in [0.5, 0.6) is 0 Å². The summed E-state index contributed by atoms with van der Waals surface area (Å²) in [7, 11) is 0. The molecular weight excluding hydrogens is 388 g/mol. The standard InChI is InChI=1S/C26H52N2O3/c1-3-5-7-9-10-11-12-13-14-15-16-21-25(29)28-24(20-17-18-22-27)26(30)31-23-19-8-6-4-2/h24H,3-23,27H2,1-2H3,(H,28,29)/t24-/m0/s1. The molecule has 0 unspecified atom stereocenters. The van der Waals surface area contributed by atoms with Crippen molar-refractivity contribution in [2.75, 3.05) is 13.2 Å². The van der Waals surface area contributed by atoms with Crippen molar-refractivity contribution in [3.05, 3.63) is 0 Å². The molecule has 0 saturated heterocycles. The van der Waals surface area contributed by atoms with Crippen LogP contribution in [0.25, 0.3) is 0 Å². The summed E-state index contributed by atoms with van der Waals surface area (Å²) in [5.41, 5.74) is 5.57. The van der Waals surface area contributed by atoms with Gasteiger partial charge in [-0.15, -0.1) is 0 Å². The van der Waals surface area contributed by atoms with Gasteiger partial charge in [0, 0.05) is 6.42 Å². The SMILES string of the molecule is CCCCCCCCCCCCCC(=O)N[C@@H](CCCCN)C(=O)OCCCCCC. The van der Waals surface area contributed by atoms with E-state index in [2.05, 4.69) is 19.2 Å². The lowest BCUT2D eigenvalue weighted by molar-refractivity contribution is -0.148. The average Bonchev–Trinajstić information content (AvgIpc) is 2.76. The fourth-order valence-electron chi connectivity index (χ4n) is 3.76. The summed E-state index contributed by atoms with van der Waals surface area (Å²) in [5.74, 6) is -0.322. The molecule has 3 N–H and O–H groups in total. The van der Waals surface area contributed by atoms with Crippen molar-refractivity contribution in [3.8, 4) is 0 Å². The molecule has 0 aliphatic heterocycles. The Hall–Kier alpha value is -1.10. The van der Waals surface area contributed by atoms with Gasteiger partial charge in [-0.2, -0.15) is 0 Å². The van der Waals surface area contributed by atoms with Crippen LogP contribution >= 0.6 is 0 Å². The van der Waals surface area contributed by atoms with Gasteiger partial charge in [-0.3, -0.25) is 4.79 Å². The first kappa shape index (κ1) is 29.9. The number of hydrogen-bond donors (Lipinski definition) is 2. The average molecular weight is 441 g/mol. The normalized spacial score (nSPS) is 12.0. The van der Waals surface area contributed by atoms with E-state index in [1.165, 1.54) is 57.8 Å². The number of amides is 1. The van der Waals surface area contributed by atoms with Crippen molar-refractivity contribution in [1.29, 1.82) is 0 Å². The summed E-state index contributed by atoms with van der Waals surface area (Å²) in [5, 5.41) is 2.91. The maximum Gasteiger partial charge on any atom is 0.328 e. The van der Waals surface area contributed by atoms with Crippen LogP contribution < -0.4 is 11.1 Å². The lowest BCUT2D eigenvalue weighted by Gasteiger charge is -2.18. The Balaban J connectivity index is 3.93. The molecular formula is C26H52N2O3. The van der Waals surface area contributed by atoms with Crippen molar-refractivity contribution in [2.24, 2.45) is 5.73 Å². The molecule has 0 rings (SSSR count). The van der Waals surface area contributed by atoms with Crippen LogP contribution in [0.2, 0.25) is 0 Å². The predicted octanol–water partition coefficient (Wildman–Crippen LogP) is 6.42. The summed E-state index contributed by atoms with van der Waals surface area (Å²) >= 11 is 0. The van der Waals surface area contributed by atoms with Crippen LogP contribution in [0.3, 0.4) is 0 Å². The van der Waals surface area contributed by atoms with Gasteiger partial charge in [0.05, 0.1) is 6.61 Å². The summed E-state index contributed by atoms with van der Waals surface area (Å²) in [6, 6.07) is -0.530. The number of unbranched alkanes of at least 4 members (excludes halogenated alkanes) is 14. The molecule has 5 nitrogen and oxygen atoms in total. The first-order valence-corrected chi connectivity index (χ1v) is 13.3. The third-order valence-corrected chi connectivity index (χ3v) is 5.82. The summed E-state index contributed by atoms with van der Waals surface area (Å²) in [6.45, 7) is 5.46. The second-order valence-electron chi connectivity index (χ2n) is 8.92. The smallest absolute Gasteiger partial charge is 0.328 e. The Morgan fingerprint density at radius 1 is 0.710 bits per heavy atom. The highest BCUT2D eigenvalue weighted by atomic mass is 16.5. The van der Waals surface area contributed by atoms with Crippen molar-refractivity contribution < 1.29 is 14.3 Å². The van der Waals surface area contributed by atoms with Crippen molar-refractivity contribution in [2.45, 2.75) is 142 Å². The summed E-state index contributed by atoms with van der Waals surface area (Å²) in [6.07, 6.45) is 21.0. The Morgan fingerprint density at radius 2 is 1.23 bits per heavy atom. The fraction of sp³-hybridized carbons (Fsp3) is 0.923. The molecule has 1 atom stereocenters. The highest BCUT2D eigenvalue weighted by Gasteiger charge is 2.21. The summed E-state index contributed by atoms with van der Waals surface area (Å²) in [4.78, 5) is 24.7. The van der Waals surface area contributed by atoms with Gasteiger partial charge < -0.3 is 15.8 Å². The van der Waals surface area contributed by atoms with Crippen molar-refractivity contribution in [1.82, 2.24) is 5.32 Å². The maximum absolute atomic E-state index is 12.4. The highest BCUT2D eigenvalue weighted by molar-refractivity contribution is 5.84. The van der Waals surface area contributed by atoms with Gasteiger partial charge in [-0.05, 0) is 38.6 Å². The van der Waals surface area contributed by atoms with Gasteiger partial charge in [-0.1, -0.05) is 97.3 Å². The lowest BCUT2D eigenvalue weighted by atomic mass is 10.0. The molecule has 0 aromatic rings. The van der Waals surface area contributed by atoms with E-state index >= 15 is 0 Å². The molecule has 0 fully saturated rings. The van der Waals surface area contributed by atoms with E-state index in [9.17, 15) is 9.59 Å². The van der Waals surface area contributed by atoms with E-state index in [1.54, 1.807) is 0 Å². The van der Waals surface area contributed by atoms with Crippen LogP contribution in [0, 0.1) is 0 Å². The van der Waals surface area contributed by atoms with Crippen LogP contribution in [0.15, 0.2) is 0 Å². The maximum atomic E-state index is 12.4. The molecule has 0 bridgehead atoms. The van der Waals surface area contributed by atoms with Crippen molar-refractivity contribution >= 4 is 11.9 Å². The zero-order valence-electron chi connectivity index (χ0n) is 20.7. The topological polar surface area (TPSA) is 81.4 Å². The second kappa shape index (κ2) is 23.6. The molecule has 184 valence electrons.